The number of halogens is 1. The Morgan fingerprint density at radius 2 is 1.83 bits per heavy atom. The van der Waals surface area contributed by atoms with Crippen LogP contribution >= 0.6 is 22.9 Å². The third kappa shape index (κ3) is 3.94. The van der Waals surface area contributed by atoms with E-state index in [-0.39, 0.29) is 11.5 Å². The van der Waals surface area contributed by atoms with Crippen LogP contribution in [0, 0.1) is 0 Å². The SMILES string of the molecule is CN(C)c1cc(-c2ccc(S(=O)(=O)N[C@H]3C[C@]3(C)c3ccccc3)s2)ccc1Cl. The molecule has 152 valence electrons. The maximum atomic E-state index is 12.9. The van der Waals surface area contributed by atoms with E-state index in [9.17, 15) is 8.42 Å². The topological polar surface area (TPSA) is 49.4 Å². The number of nitrogens with zero attached hydrogens (tertiary/aromatic N) is 1. The second-order valence-corrected chi connectivity index (χ2v) is 11.3. The van der Waals surface area contributed by atoms with E-state index in [0.717, 1.165) is 28.1 Å². The monoisotopic (exact) mass is 446 g/mol. The molecule has 0 radical (unpaired) electrons. The Kier molecular flexibility index (Phi) is 5.23. The summed E-state index contributed by atoms with van der Waals surface area (Å²) in [5.41, 5.74) is 2.87. The first kappa shape index (κ1) is 20.4. The molecule has 3 aromatic rings. The van der Waals surface area contributed by atoms with Gasteiger partial charge in [-0.1, -0.05) is 54.9 Å². The van der Waals surface area contributed by atoms with Crippen molar-refractivity contribution < 1.29 is 8.42 Å². The second-order valence-electron chi connectivity index (χ2n) is 7.84. The number of rotatable bonds is 6. The fraction of sp³-hybridized carbons (Fsp3) is 0.273. The number of hydrogen-bond acceptors (Lipinski definition) is 4. The highest BCUT2D eigenvalue weighted by molar-refractivity contribution is 7.91. The van der Waals surface area contributed by atoms with Crippen molar-refractivity contribution >= 4 is 38.6 Å². The van der Waals surface area contributed by atoms with Gasteiger partial charge in [0.15, 0.2) is 0 Å². The maximum absolute atomic E-state index is 12.9. The van der Waals surface area contributed by atoms with Gasteiger partial charge in [0.05, 0.1) is 10.7 Å². The zero-order valence-corrected chi connectivity index (χ0v) is 18.9. The first-order valence-corrected chi connectivity index (χ1v) is 12.0. The predicted molar refractivity (Wildman–Crippen MR) is 122 cm³/mol. The first-order valence-electron chi connectivity index (χ1n) is 9.36. The minimum absolute atomic E-state index is 0.0867. The molecule has 1 aliphatic carbocycles. The van der Waals surface area contributed by atoms with Gasteiger partial charge in [0.1, 0.15) is 4.21 Å². The van der Waals surface area contributed by atoms with Crippen LogP contribution in [0.4, 0.5) is 5.69 Å². The average Bonchev–Trinajstić information content (AvgIpc) is 3.10. The van der Waals surface area contributed by atoms with Crippen molar-refractivity contribution in [2.45, 2.75) is 29.0 Å². The van der Waals surface area contributed by atoms with Crippen LogP contribution in [0.25, 0.3) is 10.4 Å². The number of nitrogens with one attached hydrogen (secondary N) is 1. The fourth-order valence-electron chi connectivity index (χ4n) is 3.55. The van der Waals surface area contributed by atoms with Crippen LogP contribution in [-0.4, -0.2) is 28.6 Å². The van der Waals surface area contributed by atoms with Gasteiger partial charge in [-0.05, 0) is 41.8 Å². The van der Waals surface area contributed by atoms with Crippen LogP contribution in [0.1, 0.15) is 18.9 Å². The van der Waals surface area contributed by atoms with Crippen LogP contribution < -0.4 is 9.62 Å². The Morgan fingerprint density at radius 3 is 2.52 bits per heavy atom. The van der Waals surface area contributed by atoms with Gasteiger partial charge >= 0.3 is 0 Å². The first-order chi connectivity index (χ1) is 13.7. The number of anilines is 1. The van der Waals surface area contributed by atoms with Crippen LogP contribution in [0.15, 0.2) is 64.9 Å². The van der Waals surface area contributed by atoms with Crippen molar-refractivity contribution in [2.24, 2.45) is 0 Å². The third-order valence-electron chi connectivity index (χ3n) is 5.53. The molecule has 1 fully saturated rings. The molecule has 0 bridgehead atoms. The van der Waals surface area contributed by atoms with Gasteiger partial charge in [-0.2, -0.15) is 0 Å². The summed E-state index contributed by atoms with van der Waals surface area (Å²) in [5.74, 6) is 0. The standard InChI is InChI=1S/C22H23ClN2O2S2/c1-22(16-7-5-4-6-8-16)14-20(22)24-29(26,27)21-12-11-19(28-21)15-9-10-17(23)18(13-15)25(2)3/h4-13,20,24H,14H2,1-3H3/t20-,22+/m0/s1. The van der Waals surface area contributed by atoms with Crippen molar-refractivity contribution in [3.05, 3.63) is 71.2 Å². The van der Waals surface area contributed by atoms with Crippen molar-refractivity contribution in [1.29, 1.82) is 0 Å². The van der Waals surface area contributed by atoms with Gasteiger partial charge in [-0.15, -0.1) is 11.3 Å². The van der Waals surface area contributed by atoms with Gasteiger partial charge < -0.3 is 4.90 Å². The molecule has 7 heteroatoms. The predicted octanol–water partition coefficient (Wildman–Crippen LogP) is 5.14. The average molecular weight is 447 g/mol. The normalized spacial score (nSPS) is 21.2. The van der Waals surface area contributed by atoms with Crippen LogP contribution in [0.5, 0.6) is 0 Å². The minimum atomic E-state index is -3.57. The Bertz CT molecular complexity index is 1140. The molecule has 2 aromatic carbocycles. The summed E-state index contributed by atoms with van der Waals surface area (Å²) in [6.45, 7) is 2.10. The molecule has 0 aliphatic heterocycles. The van der Waals surface area contributed by atoms with E-state index < -0.39 is 10.0 Å². The highest BCUT2D eigenvalue weighted by Crippen LogP contribution is 2.48. The molecule has 4 rings (SSSR count). The van der Waals surface area contributed by atoms with E-state index in [1.54, 1.807) is 6.07 Å². The molecular formula is C22H23ClN2O2S2. The molecule has 0 unspecified atom stereocenters. The Labute approximate surface area is 181 Å². The molecule has 1 saturated carbocycles. The largest absolute Gasteiger partial charge is 0.376 e. The van der Waals surface area contributed by atoms with Crippen molar-refractivity contribution in [3.63, 3.8) is 0 Å². The fourth-order valence-corrected chi connectivity index (χ4v) is 6.50. The quantitative estimate of drug-likeness (QED) is 0.570. The van der Waals surface area contributed by atoms with Crippen molar-refractivity contribution in [1.82, 2.24) is 4.72 Å². The van der Waals surface area contributed by atoms with Crippen LogP contribution in [-0.2, 0) is 15.4 Å². The smallest absolute Gasteiger partial charge is 0.250 e. The molecule has 1 N–H and O–H groups in total. The summed E-state index contributed by atoms with van der Waals surface area (Å²) >= 11 is 7.53. The summed E-state index contributed by atoms with van der Waals surface area (Å²) in [7, 11) is 0.293. The van der Waals surface area contributed by atoms with Gasteiger partial charge in [0.25, 0.3) is 0 Å². The van der Waals surface area contributed by atoms with Crippen LogP contribution in [0.2, 0.25) is 5.02 Å². The Hall–Kier alpha value is -1.86. The van der Waals surface area contributed by atoms with Crippen LogP contribution in [0.3, 0.4) is 0 Å². The van der Waals surface area contributed by atoms with E-state index in [1.165, 1.54) is 11.3 Å². The molecule has 2 atom stereocenters. The summed E-state index contributed by atoms with van der Waals surface area (Å²) in [5, 5.41) is 0.666. The molecule has 0 amide bonds. The molecule has 0 spiro atoms. The van der Waals surface area contributed by atoms with E-state index in [0.29, 0.717) is 9.23 Å². The maximum Gasteiger partial charge on any atom is 0.250 e. The van der Waals surface area contributed by atoms with Crippen molar-refractivity contribution in [3.8, 4) is 10.4 Å². The zero-order valence-electron chi connectivity index (χ0n) is 16.5. The van der Waals surface area contributed by atoms with Gasteiger partial charge in [0, 0.05) is 30.4 Å². The number of thiophene rings is 1. The molecule has 1 aromatic heterocycles. The molecule has 1 aliphatic rings. The lowest BCUT2D eigenvalue weighted by atomic mass is 9.98. The number of hydrogen-bond donors (Lipinski definition) is 1. The van der Waals surface area contributed by atoms with E-state index in [4.69, 9.17) is 11.6 Å². The summed E-state index contributed by atoms with van der Waals surface area (Å²) in [4.78, 5) is 2.84. The molecular weight excluding hydrogens is 424 g/mol. The summed E-state index contributed by atoms with van der Waals surface area (Å²) in [6, 6.07) is 19.2. The van der Waals surface area contributed by atoms with Gasteiger partial charge in [0.2, 0.25) is 10.0 Å². The van der Waals surface area contributed by atoms with Crippen molar-refractivity contribution in [2.75, 3.05) is 19.0 Å². The lowest BCUT2D eigenvalue weighted by Gasteiger charge is -2.15. The Balaban J connectivity index is 1.55. The highest BCUT2D eigenvalue weighted by Gasteiger charge is 2.53. The highest BCUT2D eigenvalue weighted by atomic mass is 35.5. The number of sulfonamides is 1. The van der Waals surface area contributed by atoms with Gasteiger partial charge in [-0.3, -0.25) is 0 Å². The van der Waals surface area contributed by atoms with E-state index in [1.807, 2.05) is 61.5 Å². The van der Waals surface area contributed by atoms with Gasteiger partial charge in [-0.25, -0.2) is 13.1 Å². The summed E-state index contributed by atoms with van der Waals surface area (Å²) in [6.07, 6.45) is 0.803. The molecule has 4 nitrogen and oxygen atoms in total. The molecule has 29 heavy (non-hydrogen) atoms. The Morgan fingerprint density at radius 1 is 1.10 bits per heavy atom. The third-order valence-corrected chi connectivity index (χ3v) is 8.94. The zero-order chi connectivity index (χ0) is 20.8. The van der Waals surface area contributed by atoms with E-state index in [2.05, 4.69) is 23.8 Å². The lowest BCUT2D eigenvalue weighted by Crippen LogP contribution is -2.29. The number of benzene rings is 2. The van der Waals surface area contributed by atoms with E-state index >= 15 is 0 Å². The summed E-state index contributed by atoms with van der Waals surface area (Å²) < 4.78 is 29.1. The second kappa shape index (κ2) is 7.43. The minimum Gasteiger partial charge on any atom is -0.376 e. The lowest BCUT2D eigenvalue weighted by molar-refractivity contribution is 0.576. The molecule has 0 saturated heterocycles. The molecule has 1 heterocycles.